The number of allylic oxidation sites excluding steroid dienone is 1. The molecule has 0 aromatic heterocycles. The first-order valence-electron chi connectivity index (χ1n) is 6.43. The van der Waals surface area contributed by atoms with Gasteiger partial charge in [-0.1, -0.05) is 13.0 Å². The smallest absolute Gasteiger partial charge is 0.322 e. The number of nitrogens with one attached hydrogen (secondary N) is 1. The molecule has 2 N–H and O–H groups in total. The van der Waals surface area contributed by atoms with Crippen LogP contribution in [0.2, 0.25) is 0 Å². The fraction of sp³-hybridized carbons (Fsp3) is 0.643. The molecule has 0 radical (unpaired) electrons. The molecular formula is C14H25NO3. The molecule has 0 aliphatic carbocycles. The molecule has 0 aliphatic heterocycles. The van der Waals surface area contributed by atoms with E-state index in [9.17, 15) is 4.79 Å². The summed E-state index contributed by atoms with van der Waals surface area (Å²) >= 11 is 0. The second-order valence-corrected chi connectivity index (χ2v) is 4.38. The van der Waals surface area contributed by atoms with Crippen molar-refractivity contribution in [1.29, 1.82) is 0 Å². The van der Waals surface area contributed by atoms with Gasteiger partial charge in [-0.15, -0.1) is 6.58 Å². The zero-order chi connectivity index (χ0) is 14.0. The van der Waals surface area contributed by atoms with Crippen molar-refractivity contribution in [3.05, 3.63) is 25.1 Å². The van der Waals surface area contributed by atoms with Crippen LogP contribution in [0, 0.1) is 5.92 Å². The van der Waals surface area contributed by atoms with Crippen LogP contribution in [-0.4, -0.2) is 23.7 Å². The van der Waals surface area contributed by atoms with Crippen LogP contribution in [0.25, 0.3) is 0 Å². The maximum atomic E-state index is 10.4. The molecule has 0 saturated heterocycles. The van der Waals surface area contributed by atoms with Gasteiger partial charge in [0, 0.05) is 0 Å². The minimum Gasteiger partial charge on any atom is -0.480 e. The molecule has 0 fully saturated rings. The molecule has 0 aromatic carbocycles. The first-order chi connectivity index (χ1) is 8.51. The fourth-order valence-corrected chi connectivity index (χ4v) is 1.83. The molecule has 0 aromatic rings. The van der Waals surface area contributed by atoms with Gasteiger partial charge < -0.3 is 15.2 Å². The highest BCUT2D eigenvalue weighted by atomic mass is 16.5. The number of aliphatic carboxylic acids is 1. The SMILES string of the molecule is C=CCCC[C@@H](CC)[C@H](C)OC(=C)NCC(=O)O. The number of ether oxygens (including phenoxy) is 1. The first kappa shape index (κ1) is 16.6. The molecule has 0 aliphatic rings. The van der Waals surface area contributed by atoms with Gasteiger partial charge in [-0.3, -0.25) is 4.79 Å². The summed E-state index contributed by atoms with van der Waals surface area (Å²) in [6.07, 6.45) is 6.19. The predicted octanol–water partition coefficient (Wildman–Crippen LogP) is 2.92. The van der Waals surface area contributed by atoms with E-state index in [0.717, 1.165) is 25.7 Å². The van der Waals surface area contributed by atoms with Crippen molar-refractivity contribution in [3.8, 4) is 0 Å². The monoisotopic (exact) mass is 255 g/mol. The number of unbranched alkanes of at least 4 members (excludes halogenated alkanes) is 1. The van der Waals surface area contributed by atoms with E-state index in [1.54, 1.807) is 0 Å². The third-order valence-corrected chi connectivity index (χ3v) is 2.94. The normalized spacial score (nSPS) is 13.4. The maximum Gasteiger partial charge on any atom is 0.322 e. The highest BCUT2D eigenvalue weighted by molar-refractivity contribution is 5.69. The summed E-state index contributed by atoms with van der Waals surface area (Å²) in [4.78, 5) is 10.4. The molecule has 0 rings (SSSR count). The Balaban J connectivity index is 4.00. The molecule has 0 unspecified atom stereocenters. The Hall–Kier alpha value is -1.45. The van der Waals surface area contributed by atoms with Gasteiger partial charge in [-0.25, -0.2) is 0 Å². The zero-order valence-corrected chi connectivity index (χ0v) is 11.4. The lowest BCUT2D eigenvalue weighted by Crippen LogP contribution is -2.28. The Morgan fingerprint density at radius 2 is 2.22 bits per heavy atom. The van der Waals surface area contributed by atoms with Crippen LogP contribution >= 0.6 is 0 Å². The maximum absolute atomic E-state index is 10.4. The molecule has 18 heavy (non-hydrogen) atoms. The number of hydrogen-bond acceptors (Lipinski definition) is 3. The largest absolute Gasteiger partial charge is 0.480 e. The van der Waals surface area contributed by atoms with E-state index in [-0.39, 0.29) is 12.6 Å². The molecule has 4 nitrogen and oxygen atoms in total. The minimum absolute atomic E-state index is 0.0358. The van der Waals surface area contributed by atoms with Crippen molar-refractivity contribution in [2.75, 3.05) is 6.54 Å². The summed E-state index contributed by atoms with van der Waals surface area (Å²) in [7, 11) is 0. The number of carboxylic acids is 1. The van der Waals surface area contributed by atoms with Crippen LogP contribution in [0.4, 0.5) is 0 Å². The average Bonchev–Trinajstić information content (AvgIpc) is 2.32. The third kappa shape index (κ3) is 7.76. The second-order valence-electron chi connectivity index (χ2n) is 4.38. The van der Waals surface area contributed by atoms with Crippen LogP contribution < -0.4 is 5.32 Å². The van der Waals surface area contributed by atoms with Gasteiger partial charge in [0.25, 0.3) is 0 Å². The quantitative estimate of drug-likeness (QED) is 0.338. The van der Waals surface area contributed by atoms with Crippen molar-refractivity contribution in [1.82, 2.24) is 5.32 Å². The molecule has 0 heterocycles. The Labute approximate surface area is 110 Å². The minimum atomic E-state index is -0.926. The van der Waals surface area contributed by atoms with Crippen LogP contribution in [0.5, 0.6) is 0 Å². The van der Waals surface area contributed by atoms with E-state index in [2.05, 4.69) is 25.4 Å². The van der Waals surface area contributed by atoms with Gasteiger partial charge in [0.2, 0.25) is 0 Å². The van der Waals surface area contributed by atoms with Crippen LogP contribution in [-0.2, 0) is 9.53 Å². The average molecular weight is 255 g/mol. The molecule has 0 saturated carbocycles. The van der Waals surface area contributed by atoms with Crippen LogP contribution in [0.15, 0.2) is 25.1 Å². The van der Waals surface area contributed by atoms with Gasteiger partial charge in [0.1, 0.15) is 12.6 Å². The van der Waals surface area contributed by atoms with Crippen molar-refractivity contribution in [2.24, 2.45) is 5.92 Å². The van der Waals surface area contributed by atoms with Crippen LogP contribution in [0.1, 0.15) is 39.5 Å². The molecule has 4 heteroatoms. The number of carbonyl (C=O) groups is 1. The Bertz CT molecular complexity index is 276. The summed E-state index contributed by atoms with van der Waals surface area (Å²) in [5, 5.41) is 11.2. The van der Waals surface area contributed by atoms with Gasteiger partial charge in [-0.05, 0) is 45.1 Å². The van der Waals surface area contributed by atoms with Gasteiger partial charge in [0.05, 0.1) is 0 Å². The summed E-state index contributed by atoms with van der Waals surface area (Å²) in [6.45, 7) is 11.3. The Kier molecular flexibility index (Phi) is 8.80. The van der Waals surface area contributed by atoms with E-state index in [1.807, 2.05) is 13.0 Å². The van der Waals surface area contributed by atoms with Crippen LogP contribution in [0.3, 0.4) is 0 Å². The highest BCUT2D eigenvalue weighted by Gasteiger charge is 2.17. The number of rotatable bonds is 11. The van der Waals surface area contributed by atoms with Crippen molar-refractivity contribution >= 4 is 5.97 Å². The second kappa shape index (κ2) is 9.57. The van der Waals surface area contributed by atoms with E-state index in [0.29, 0.717) is 11.8 Å². The van der Waals surface area contributed by atoms with Gasteiger partial charge >= 0.3 is 5.97 Å². The standard InChI is InChI=1S/C14H25NO3/c1-5-7-8-9-13(6-2)11(3)18-12(4)15-10-14(16)17/h5,11,13,15H,1,4,6-10H2,2-3H3,(H,16,17)/t11-,13+/m0/s1. The molecule has 0 bridgehead atoms. The number of carboxylic acid groups (broad SMARTS) is 1. The topological polar surface area (TPSA) is 58.6 Å². The van der Waals surface area contributed by atoms with E-state index >= 15 is 0 Å². The predicted molar refractivity (Wildman–Crippen MR) is 73.2 cm³/mol. The van der Waals surface area contributed by atoms with E-state index in [4.69, 9.17) is 9.84 Å². The van der Waals surface area contributed by atoms with E-state index in [1.165, 1.54) is 0 Å². The van der Waals surface area contributed by atoms with E-state index < -0.39 is 5.97 Å². The molecule has 2 atom stereocenters. The van der Waals surface area contributed by atoms with Crippen molar-refractivity contribution in [3.63, 3.8) is 0 Å². The fourth-order valence-electron chi connectivity index (χ4n) is 1.83. The first-order valence-corrected chi connectivity index (χ1v) is 6.43. The Morgan fingerprint density at radius 3 is 2.72 bits per heavy atom. The highest BCUT2D eigenvalue weighted by Crippen LogP contribution is 2.20. The van der Waals surface area contributed by atoms with Gasteiger partial charge in [0.15, 0.2) is 5.88 Å². The summed E-state index contributed by atoms with van der Waals surface area (Å²) in [5.74, 6) is -0.147. The molecule has 0 amide bonds. The van der Waals surface area contributed by atoms with Crippen molar-refractivity contribution < 1.29 is 14.6 Å². The number of hydrogen-bond donors (Lipinski definition) is 2. The summed E-state index contributed by atoms with van der Waals surface area (Å²) in [6, 6.07) is 0. The lowest BCUT2D eigenvalue weighted by molar-refractivity contribution is -0.136. The lowest BCUT2D eigenvalue weighted by atomic mass is 9.94. The lowest BCUT2D eigenvalue weighted by Gasteiger charge is -2.24. The molecule has 0 spiro atoms. The summed E-state index contributed by atoms with van der Waals surface area (Å²) < 4.78 is 5.59. The Morgan fingerprint density at radius 1 is 1.56 bits per heavy atom. The zero-order valence-electron chi connectivity index (χ0n) is 11.4. The van der Waals surface area contributed by atoms with Crippen molar-refractivity contribution in [2.45, 2.75) is 45.6 Å². The van der Waals surface area contributed by atoms with Gasteiger partial charge in [-0.2, -0.15) is 0 Å². The molecule has 104 valence electrons. The molecular weight excluding hydrogens is 230 g/mol. The third-order valence-electron chi connectivity index (χ3n) is 2.94. The summed E-state index contributed by atoms with van der Waals surface area (Å²) in [5.41, 5.74) is 0.